The van der Waals surface area contributed by atoms with Crippen molar-refractivity contribution < 1.29 is 18.1 Å². The number of hydrogen-bond acceptors (Lipinski definition) is 5. The van der Waals surface area contributed by atoms with Crippen molar-refractivity contribution in [1.82, 2.24) is 0 Å². The van der Waals surface area contributed by atoms with Crippen LogP contribution in [0.4, 0.5) is 5.69 Å². The van der Waals surface area contributed by atoms with Crippen LogP contribution in [0, 0.1) is 16.0 Å². The van der Waals surface area contributed by atoms with Gasteiger partial charge >= 0.3 is 0 Å². The van der Waals surface area contributed by atoms with Crippen LogP contribution < -0.4 is 0 Å². The highest BCUT2D eigenvalue weighted by atomic mass is 32.2. The van der Waals surface area contributed by atoms with Crippen molar-refractivity contribution in [1.29, 1.82) is 0 Å². The molecule has 29 heavy (non-hydrogen) atoms. The Balaban J connectivity index is 2.30. The summed E-state index contributed by atoms with van der Waals surface area (Å²) in [5, 5.41) is 10.8. The highest BCUT2D eigenvalue weighted by molar-refractivity contribution is 7.90. The molecule has 0 saturated carbocycles. The van der Waals surface area contributed by atoms with Crippen molar-refractivity contribution in [2.45, 2.75) is 38.2 Å². The predicted octanol–water partition coefficient (Wildman–Crippen LogP) is 4.85. The van der Waals surface area contributed by atoms with E-state index in [1.807, 2.05) is 37.3 Å². The first-order valence-corrected chi connectivity index (χ1v) is 10.5. The molecule has 2 aromatic rings. The molecule has 7 nitrogen and oxygen atoms in total. The number of rotatable bonds is 8. The lowest BCUT2D eigenvalue weighted by atomic mass is 9.96. The number of hydrogen-bond donors (Lipinski definition) is 0. The Bertz CT molecular complexity index is 997. The Morgan fingerprint density at radius 3 is 2.21 bits per heavy atom. The van der Waals surface area contributed by atoms with Crippen LogP contribution in [0.5, 0.6) is 0 Å². The third-order valence-corrected chi connectivity index (χ3v) is 5.36. The third kappa shape index (κ3) is 6.25. The lowest BCUT2D eigenvalue weighted by Gasteiger charge is -2.19. The summed E-state index contributed by atoms with van der Waals surface area (Å²) >= 11 is 0. The second kappa shape index (κ2) is 9.47. The van der Waals surface area contributed by atoms with Crippen molar-refractivity contribution in [2.75, 3.05) is 0 Å². The molecule has 0 fully saturated rings. The van der Waals surface area contributed by atoms with E-state index in [-0.39, 0.29) is 28.5 Å². The Labute approximate surface area is 171 Å². The second-order valence-corrected chi connectivity index (χ2v) is 8.50. The summed E-state index contributed by atoms with van der Waals surface area (Å²) in [6.45, 7) is 9.47. The van der Waals surface area contributed by atoms with E-state index in [1.165, 1.54) is 0 Å². The van der Waals surface area contributed by atoms with Gasteiger partial charge in [0.05, 0.1) is 15.9 Å². The number of nitro groups is 1. The molecule has 0 amide bonds. The van der Waals surface area contributed by atoms with Crippen molar-refractivity contribution in [3.05, 3.63) is 76.9 Å². The number of benzene rings is 2. The van der Waals surface area contributed by atoms with Gasteiger partial charge in [-0.2, -0.15) is 8.42 Å². The Morgan fingerprint density at radius 1 is 1.10 bits per heavy atom. The number of sulfonamides is 1. The van der Waals surface area contributed by atoms with Crippen LogP contribution in [0.25, 0.3) is 5.57 Å². The van der Waals surface area contributed by atoms with Gasteiger partial charge in [0, 0.05) is 18.1 Å². The number of non-ortho nitro benzene ring substituents is 1. The van der Waals surface area contributed by atoms with Crippen molar-refractivity contribution >= 4 is 27.2 Å². The third-order valence-electron chi connectivity index (χ3n) is 4.07. The van der Waals surface area contributed by atoms with Gasteiger partial charge < -0.3 is 4.74 Å². The molecule has 0 bridgehead atoms. The zero-order chi connectivity index (χ0) is 21.6. The van der Waals surface area contributed by atoms with Crippen molar-refractivity contribution in [3.63, 3.8) is 0 Å². The zero-order valence-electron chi connectivity index (χ0n) is 16.6. The van der Waals surface area contributed by atoms with Crippen LogP contribution in [0.3, 0.4) is 0 Å². The molecule has 0 heterocycles. The van der Waals surface area contributed by atoms with E-state index in [9.17, 15) is 18.5 Å². The van der Waals surface area contributed by atoms with Crippen LogP contribution in [-0.4, -0.2) is 25.3 Å². The van der Waals surface area contributed by atoms with Crippen LogP contribution in [0.1, 0.15) is 32.8 Å². The molecule has 8 heteroatoms. The summed E-state index contributed by atoms with van der Waals surface area (Å²) in [5.74, 6) is -0.256. The van der Waals surface area contributed by atoms with Gasteiger partial charge in [0.1, 0.15) is 0 Å². The van der Waals surface area contributed by atoms with E-state index in [2.05, 4.69) is 11.0 Å². The average molecular weight is 416 g/mol. The number of nitro benzene ring substituents is 1. The molecule has 0 N–H and O–H groups in total. The number of allylic oxidation sites excluding steroid dienone is 1. The SMILES string of the molecule is C=C(CC(C)/C(=N/S(=O)(=O)c1ccc([N+](=O)[O-])cc1)OC(C)C)c1ccccc1. The van der Waals surface area contributed by atoms with E-state index >= 15 is 0 Å². The molecule has 1 unspecified atom stereocenters. The Hall–Kier alpha value is -3.00. The van der Waals surface area contributed by atoms with E-state index in [0.29, 0.717) is 6.42 Å². The first-order chi connectivity index (χ1) is 13.6. The molecule has 1 atom stereocenters. The molecule has 154 valence electrons. The largest absolute Gasteiger partial charge is 0.477 e. The molecule has 0 aliphatic rings. The monoisotopic (exact) mass is 416 g/mol. The highest BCUT2D eigenvalue weighted by Crippen LogP contribution is 2.24. The minimum absolute atomic E-state index is 0.0791. The van der Waals surface area contributed by atoms with Gasteiger partial charge in [0.15, 0.2) is 0 Å². The van der Waals surface area contributed by atoms with E-state index in [0.717, 1.165) is 35.4 Å². The first-order valence-electron chi connectivity index (χ1n) is 9.09. The number of nitrogens with zero attached hydrogens (tertiary/aromatic N) is 2. The molecule has 0 saturated heterocycles. The van der Waals surface area contributed by atoms with Crippen LogP contribution in [0.2, 0.25) is 0 Å². The quantitative estimate of drug-likeness (QED) is 0.265. The molecule has 2 rings (SSSR count). The van der Waals surface area contributed by atoms with Crippen molar-refractivity contribution in [2.24, 2.45) is 10.3 Å². The molecule has 0 radical (unpaired) electrons. The topological polar surface area (TPSA) is 98.9 Å². The van der Waals surface area contributed by atoms with Gasteiger partial charge in [-0.25, -0.2) is 0 Å². The lowest BCUT2D eigenvalue weighted by Crippen LogP contribution is -2.21. The van der Waals surface area contributed by atoms with Gasteiger partial charge in [0.2, 0.25) is 5.90 Å². The molecule has 0 spiro atoms. The summed E-state index contributed by atoms with van der Waals surface area (Å²) in [7, 11) is -4.08. The number of ether oxygens (including phenoxy) is 1. The van der Waals surface area contributed by atoms with E-state index < -0.39 is 14.9 Å². The minimum atomic E-state index is -4.08. The van der Waals surface area contributed by atoms with Gasteiger partial charge in [0.25, 0.3) is 15.7 Å². The van der Waals surface area contributed by atoms with Crippen LogP contribution in [0.15, 0.2) is 70.5 Å². The lowest BCUT2D eigenvalue weighted by molar-refractivity contribution is -0.384. The van der Waals surface area contributed by atoms with Crippen LogP contribution >= 0.6 is 0 Å². The Morgan fingerprint density at radius 2 is 1.69 bits per heavy atom. The fourth-order valence-electron chi connectivity index (χ4n) is 2.63. The molecule has 0 aliphatic carbocycles. The zero-order valence-corrected chi connectivity index (χ0v) is 17.4. The smallest absolute Gasteiger partial charge is 0.285 e. The maximum atomic E-state index is 12.7. The summed E-state index contributed by atoms with van der Waals surface area (Å²) in [6.07, 6.45) is 0.194. The minimum Gasteiger partial charge on any atom is -0.477 e. The molecular weight excluding hydrogens is 392 g/mol. The van der Waals surface area contributed by atoms with Gasteiger partial charge in [-0.05, 0) is 43.5 Å². The molecule has 0 aromatic heterocycles. The fraction of sp³-hybridized carbons (Fsp3) is 0.286. The van der Waals surface area contributed by atoms with Crippen molar-refractivity contribution in [3.8, 4) is 0 Å². The normalized spacial score (nSPS) is 13.2. The molecular formula is C21H24N2O5S. The fourth-order valence-corrected chi connectivity index (χ4v) is 3.67. The summed E-state index contributed by atoms with van der Waals surface area (Å²) in [5.41, 5.74) is 1.60. The van der Waals surface area contributed by atoms with E-state index in [4.69, 9.17) is 4.74 Å². The average Bonchev–Trinajstić information content (AvgIpc) is 2.67. The summed E-state index contributed by atoms with van der Waals surface area (Å²) in [6, 6.07) is 14.2. The summed E-state index contributed by atoms with van der Waals surface area (Å²) in [4.78, 5) is 10.0. The molecule has 2 aromatic carbocycles. The van der Waals surface area contributed by atoms with Gasteiger partial charge in [-0.15, -0.1) is 4.40 Å². The van der Waals surface area contributed by atoms with E-state index in [1.54, 1.807) is 13.8 Å². The maximum absolute atomic E-state index is 12.7. The summed E-state index contributed by atoms with van der Waals surface area (Å²) < 4.78 is 35.0. The predicted molar refractivity (Wildman–Crippen MR) is 113 cm³/mol. The second-order valence-electron chi connectivity index (χ2n) is 6.90. The molecule has 0 aliphatic heterocycles. The van der Waals surface area contributed by atoms with Gasteiger partial charge in [-0.1, -0.05) is 43.8 Å². The maximum Gasteiger partial charge on any atom is 0.285 e. The standard InChI is InChI=1S/C21H24N2O5S/c1-15(2)28-21(17(4)14-16(3)18-8-6-5-7-9-18)22-29(26,27)20-12-10-19(11-13-20)23(24)25/h5-13,15,17H,3,14H2,1-2,4H3/b22-21-. The van der Waals surface area contributed by atoms with Gasteiger partial charge in [-0.3, -0.25) is 10.1 Å². The highest BCUT2D eigenvalue weighted by Gasteiger charge is 2.22. The first kappa shape index (κ1) is 22.3. The van der Waals surface area contributed by atoms with Crippen LogP contribution in [-0.2, 0) is 14.8 Å². The Kier molecular flexibility index (Phi) is 7.28.